The van der Waals surface area contributed by atoms with Gasteiger partial charge in [-0.25, -0.2) is 0 Å². The summed E-state index contributed by atoms with van der Waals surface area (Å²) in [5, 5.41) is 3.15. The first kappa shape index (κ1) is 26.4. The smallest absolute Gasteiger partial charge is 0.257 e. The van der Waals surface area contributed by atoms with Gasteiger partial charge in [-0.2, -0.15) is 0 Å². The number of rotatable bonds is 7. The zero-order valence-electron chi connectivity index (χ0n) is 22.0. The van der Waals surface area contributed by atoms with Gasteiger partial charge in [-0.1, -0.05) is 6.07 Å². The van der Waals surface area contributed by atoms with Crippen molar-refractivity contribution < 1.29 is 4.79 Å². The van der Waals surface area contributed by atoms with E-state index in [-0.39, 0.29) is 17.0 Å². The number of carbonyl (C=O) groups excluding carboxylic acids is 1. The predicted molar refractivity (Wildman–Crippen MR) is 151 cm³/mol. The molecule has 0 atom stereocenters. The van der Waals surface area contributed by atoms with Crippen molar-refractivity contribution in [1.29, 1.82) is 0 Å². The Morgan fingerprint density at radius 3 is 2.00 bits per heavy atom. The van der Waals surface area contributed by atoms with Gasteiger partial charge in [-0.05, 0) is 133 Å². The molecule has 2 aromatic carbocycles. The summed E-state index contributed by atoms with van der Waals surface area (Å²) >= 11 is 3.22. The standard InChI is InChI=1S/C28H40N4OS2/c1-26(2,3)30-34-21-9-7-8-20(18-21)29-25(33)23-11-10-22(35-31-27(4,5)6)19-24(23)32-16-14-28(12-13-28)15-17-32/h7-11,18-19,30-31H,12-17H2,1-6H3,(H,29,33). The van der Waals surface area contributed by atoms with Gasteiger partial charge in [-0.15, -0.1) is 0 Å². The molecule has 35 heavy (non-hydrogen) atoms. The van der Waals surface area contributed by atoms with Crippen molar-refractivity contribution in [3.63, 3.8) is 0 Å². The zero-order chi connectivity index (χ0) is 25.3. The summed E-state index contributed by atoms with van der Waals surface area (Å²) in [5.41, 5.74) is 3.20. The average molecular weight is 513 g/mol. The first-order valence-electron chi connectivity index (χ1n) is 12.6. The van der Waals surface area contributed by atoms with E-state index in [0.717, 1.165) is 39.8 Å². The minimum Gasteiger partial charge on any atom is -0.371 e. The van der Waals surface area contributed by atoms with Crippen molar-refractivity contribution in [2.75, 3.05) is 23.3 Å². The minimum atomic E-state index is -0.0574. The molecule has 1 aliphatic carbocycles. The molecule has 0 unspecified atom stereocenters. The molecule has 2 fully saturated rings. The number of piperidine rings is 1. The van der Waals surface area contributed by atoms with Crippen LogP contribution in [0.4, 0.5) is 11.4 Å². The van der Waals surface area contributed by atoms with Crippen molar-refractivity contribution in [3.8, 4) is 0 Å². The van der Waals surface area contributed by atoms with Gasteiger partial charge in [-0.3, -0.25) is 14.2 Å². The van der Waals surface area contributed by atoms with Crippen molar-refractivity contribution in [2.45, 2.75) is 88.1 Å². The Morgan fingerprint density at radius 2 is 1.43 bits per heavy atom. The molecule has 7 heteroatoms. The Morgan fingerprint density at radius 1 is 0.829 bits per heavy atom. The van der Waals surface area contributed by atoms with Crippen molar-refractivity contribution in [3.05, 3.63) is 48.0 Å². The lowest BCUT2D eigenvalue weighted by atomic mass is 9.93. The number of hydrogen-bond donors (Lipinski definition) is 3. The van der Waals surface area contributed by atoms with Crippen LogP contribution in [0.2, 0.25) is 0 Å². The van der Waals surface area contributed by atoms with E-state index >= 15 is 0 Å². The fourth-order valence-corrected chi connectivity index (χ4v) is 5.67. The molecule has 1 heterocycles. The van der Waals surface area contributed by atoms with E-state index in [1.807, 2.05) is 30.3 Å². The van der Waals surface area contributed by atoms with Crippen molar-refractivity contribution in [1.82, 2.24) is 9.44 Å². The van der Waals surface area contributed by atoms with Crippen LogP contribution >= 0.6 is 23.9 Å². The first-order chi connectivity index (χ1) is 16.4. The normalized spacial score (nSPS) is 17.5. The maximum atomic E-state index is 13.5. The predicted octanol–water partition coefficient (Wildman–Crippen LogP) is 7.11. The highest BCUT2D eigenvalue weighted by atomic mass is 32.2. The van der Waals surface area contributed by atoms with E-state index in [2.05, 4.69) is 73.3 Å². The average Bonchev–Trinajstić information content (AvgIpc) is 3.54. The Labute approximate surface area is 219 Å². The van der Waals surface area contributed by atoms with Gasteiger partial charge in [0.25, 0.3) is 5.91 Å². The Hall–Kier alpha value is -1.67. The molecule has 1 spiro atoms. The molecule has 1 amide bonds. The number of anilines is 2. The van der Waals surface area contributed by atoms with Crippen LogP contribution in [0.5, 0.6) is 0 Å². The lowest BCUT2D eigenvalue weighted by molar-refractivity contribution is 0.102. The monoisotopic (exact) mass is 512 g/mol. The SMILES string of the molecule is CC(C)(C)NSc1cccc(NC(=O)c2ccc(SNC(C)(C)C)cc2N2CCC3(CC2)CC3)c1. The topological polar surface area (TPSA) is 56.4 Å². The summed E-state index contributed by atoms with van der Waals surface area (Å²) in [6.07, 6.45) is 5.20. The molecule has 0 bridgehead atoms. The van der Waals surface area contributed by atoms with Gasteiger partial charge in [0.15, 0.2) is 0 Å². The van der Waals surface area contributed by atoms with Gasteiger partial charge in [0.1, 0.15) is 0 Å². The first-order valence-corrected chi connectivity index (χ1v) is 14.2. The molecular weight excluding hydrogens is 472 g/mol. The molecule has 2 aromatic rings. The Kier molecular flexibility index (Phi) is 7.82. The molecule has 1 aliphatic heterocycles. The van der Waals surface area contributed by atoms with Gasteiger partial charge < -0.3 is 10.2 Å². The highest BCUT2D eigenvalue weighted by molar-refractivity contribution is 7.97. The number of amides is 1. The van der Waals surface area contributed by atoms with Crippen molar-refractivity contribution in [2.24, 2.45) is 5.41 Å². The van der Waals surface area contributed by atoms with Crippen LogP contribution < -0.4 is 19.7 Å². The second-order valence-electron chi connectivity index (χ2n) is 12.1. The van der Waals surface area contributed by atoms with Crippen LogP contribution in [0.3, 0.4) is 0 Å². The van der Waals surface area contributed by atoms with Crippen LogP contribution in [0.25, 0.3) is 0 Å². The summed E-state index contributed by atoms with van der Waals surface area (Å²) < 4.78 is 6.93. The quantitative estimate of drug-likeness (QED) is 0.344. The summed E-state index contributed by atoms with van der Waals surface area (Å²) in [5.74, 6) is -0.0574. The zero-order valence-corrected chi connectivity index (χ0v) is 23.6. The lowest BCUT2D eigenvalue weighted by Crippen LogP contribution is -2.35. The third-order valence-electron chi connectivity index (χ3n) is 6.38. The van der Waals surface area contributed by atoms with E-state index in [1.165, 1.54) is 25.7 Å². The molecule has 1 saturated carbocycles. The Bertz CT molecular complexity index is 1040. The highest BCUT2D eigenvalue weighted by Crippen LogP contribution is 2.54. The minimum absolute atomic E-state index is 0.00785. The maximum absolute atomic E-state index is 13.5. The molecule has 0 aromatic heterocycles. The number of hydrogen-bond acceptors (Lipinski definition) is 6. The van der Waals surface area contributed by atoms with Gasteiger partial charge in [0, 0.05) is 39.6 Å². The third-order valence-corrected chi connectivity index (χ3v) is 8.79. The van der Waals surface area contributed by atoms with E-state index in [1.54, 1.807) is 23.9 Å². The molecule has 3 N–H and O–H groups in total. The molecule has 1 saturated heterocycles. The number of carbonyl (C=O) groups is 1. The molecule has 190 valence electrons. The van der Waals surface area contributed by atoms with Gasteiger partial charge in [0.05, 0.1) is 11.3 Å². The molecular formula is C28H40N4OS2. The summed E-state index contributed by atoms with van der Waals surface area (Å²) in [6.45, 7) is 14.9. The molecule has 4 rings (SSSR count). The van der Waals surface area contributed by atoms with Crippen LogP contribution in [-0.4, -0.2) is 30.1 Å². The van der Waals surface area contributed by atoms with Crippen LogP contribution in [0.15, 0.2) is 52.3 Å². The second kappa shape index (κ2) is 10.4. The van der Waals surface area contributed by atoms with Gasteiger partial charge in [0.2, 0.25) is 0 Å². The highest BCUT2D eigenvalue weighted by Gasteiger charge is 2.44. The summed E-state index contributed by atoms with van der Waals surface area (Å²) in [7, 11) is 0. The molecule has 5 nitrogen and oxygen atoms in total. The Balaban J connectivity index is 1.52. The van der Waals surface area contributed by atoms with Crippen LogP contribution in [0.1, 0.15) is 77.6 Å². The van der Waals surface area contributed by atoms with E-state index in [0.29, 0.717) is 5.41 Å². The number of nitrogens with zero attached hydrogens (tertiary/aromatic N) is 1. The third kappa shape index (κ3) is 7.66. The van der Waals surface area contributed by atoms with Crippen LogP contribution in [0, 0.1) is 5.41 Å². The van der Waals surface area contributed by atoms with E-state index < -0.39 is 0 Å². The fourth-order valence-electron chi connectivity index (χ4n) is 4.19. The summed E-state index contributed by atoms with van der Waals surface area (Å²) in [6, 6.07) is 14.2. The fraction of sp³-hybridized carbons (Fsp3) is 0.536. The lowest BCUT2D eigenvalue weighted by Gasteiger charge is -2.35. The molecule has 2 aliphatic rings. The largest absolute Gasteiger partial charge is 0.371 e. The number of benzene rings is 2. The van der Waals surface area contributed by atoms with Gasteiger partial charge >= 0.3 is 0 Å². The van der Waals surface area contributed by atoms with Crippen LogP contribution in [-0.2, 0) is 0 Å². The van der Waals surface area contributed by atoms with E-state index in [9.17, 15) is 4.79 Å². The van der Waals surface area contributed by atoms with Crippen molar-refractivity contribution >= 4 is 41.2 Å². The maximum Gasteiger partial charge on any atom is 0.257 e. The second-order valence-corrected chi connectivity index (χ2v) is 13.8. The van der Waals surface area contributed by atoms with E-state index in [4.69, 9.17) is 0 Å². The summed E-state index contributed by atoms with van der Waals surface area (Å²) in [4.78, 5) is 18.1. The molecule has 0 radical (unpaired) electrons. The number of nitrogens with one attached hydrogen (secondary N) is 3.